The molecule has 1 aromatic carbocycles. The van der Waals surface area contributed by atoms with E-state index in [1.54, 1.807) is 6.92 Å². The lowest BCUT2D eigenvalue weighted by Gasteiger charge is -2.12. The van der Waals surface area contributed by atoms with Crippen LogP contribution in [0.4, 0.5) is 8.78 Å². The second-order valence-corrected chi connectivity index (χ2v) is 4.33. The number of rotatable bonds is 7. The molecule has 5 heteroatoms. The van der Waals surface area contributed by atoms with Crippen LogP contribution >= 0.6 is 0 Å². The average Bonchev–Trinajstić information content (AvgIpc) is 2.38. The zero-order chi connectivity index (χ0) is 14.3. The number of hydrogen-bond donors (Lipinski definition) is 1. The largest absolute Gasteiger partial charge is 0.466 e. The maximum Gasteiger partial charge on any atom is 0.305 e. The van der Waals surface area contributed by atoms with Crippen molar-refractivity contribution in [2.75, 3.05) is 6.61 Å². The smallest absolute Gasteiger partial charge is 0.305 e. The van der Waals surface area contributed by atoms with Crippen molar-refractivity contribution in [1.29, 1.82) is 0 Å². The van der Waals surface area contributed by atoms with Crippen molar-refractivity contribution < 1.29 is 18.3 Å². The van der Waals surface area contributed by atoms with Crippen LogP contribution < -0.4 is 5.73 Å². The number of esters is 1. The van der Waals surface area contributed by atoms with E-state index < -0.39 is 11.6 Å². The van der Waals surface area contributed by atoms with Gasteiger partial charge in [0.1, 0.15) is 0 Å². The van der Waals surface area contributed by atoms with Gasteiger partial charge in [-0.25, -0.2) is 8.78 Å². The molecule has 1 atom stereocenters. The molecule has 2 N–H and O–H groups in total. The van der Waals surface area contributed by atoms with Gasteiger partial charge in [-0.05, 0) is 37.5 Å². The fraction of sp³-hybridized carbons (Fsp3) is 0.500. The molecule has 0 aromatic heterocycles. The van der Waals surface area contributed by atoms with Crippen molar-refractivity contribution >= 4 is 5.97 Å². The molecule has 106 valence electrons. The van der Waals surface area contributed by atoms with Gasteiger partial charge in [-0.2, -0.15) is 0 Å². The molecule has 3 nitrogen and oxygen atoms in total. The van der Waals surface area contributed by atoms with Gasteiger partial charge in [0.15, 0.2) is 11.6 Å². The summed E-state index contributed by atoms with van der Waals surface area (Å²) in [6, 6.07) is 3.32. The fourth-order valence-electron chi connectivity index (χ4n) is 1.78. The molecule has 0 spiro atoms. The number of unbranched alkanes of at least 4 members (excludes halogenated alkanes) is 1. The van der Waals surface area contributed by atoms with E-state index in [1.807, 2.05) is 0 Å². The van der Waals surface area contributed by atoms with E-state index in [1.165, 1.54) is 6.07 Å². The van der Waals surface area contributed by atoms with Crippen molar-refractivity contribution in [1.82, 2.24) is 0 Å². The Morgan fingerprint density at radius 3 is 2.68 bits per heavy atom. The van der Waals surface area contributed by atoms with Gasteiger partial charge in [0.05, 0.1) is 6.61 Å². The third-order valence-corrected chi connectivity index (χ3v) is 2.82. The second kappa shape index (κ2) is 7.84. The average molecular weight is 271 g/mol. The Bertz CT molecular complexity index is 424. The molecule has 1 rings (SSSR count). The van der Waals surface area contributed by atoms with Crippen molar-refractivity contribution in [2.24, 2.45) is 5.73 Å². The van der Waals surface area contributed by atoms with Crippen LogP contribution in [0.5, 0.6) is 0 Å². The van der Waals surface area contributed by atoms with E-state index in [0.29, 0.717) is 31.4 Å². The first-order valence-corrected chi connectivity index (χ1v) is 6.40. The van der Waals surface area contributed by atoms with Gasteiger partial charge in [0.25, 0.3) is 0 Å². The predicted octanol–water partition coefficient (Wildman–Crippen LogP) is 3.09. The summed E-state index contributed by atoms with van der Waals surface area (Å²) in [6.45, 7) is 2.14. The molecular formula is C14H19F2NO2. The summed E-state index contributed by atoms with van der Waals surface area (Å²) in [6.07, 6.45) is 2.39. The fourth-order valence-corrected chi connectivity index (χ4v) is 1.78. The normalized spacial score (nSPS) is 12.2. The van der Waals surface area contributed by atoms with Gasteiger partial charge in [0.2, 0.25) is 0 Å². The maximum absolute atomic E-state index is 13.0. The summed E-state index contributed by atoms with van der Waals surface area (Å²) in [5, 5.41) is 0. The van der Waals surface area contributed by atoms with Crippen molar-refractivity contribution in [3.63, 3.8) is 0 Å². The molecule has 1 unspecified atom stereocenters. The first-order chi connectivity index (χ1) is 9.04. The molecule has 1 aromatic rings. The highest BCUT2D eigenvalue weighted by Gasteiger charge is 2.10. The van der Waals surface area contributed by atoms with Crippen molar-refractivity contribution in [3.8, 4) is 0 Å². The van der Waals surface area contributed by atoms with Crippen LogP contribution in [0.3, 0.4) is 0 Å². The first kappa shape index (κ1) is 15.6. The third-order valence-electron chi connectivity index (χ3n) is 2.82. The summed E-state index contributed by atoms with van der Waals surface area (Å²) in [4.78, 5) is 11.1. The van der Waals surface area contributed by atoms with E-state index in [4.69, 9.17) is 10.5 Å². The lowest BCUT2D eigenvalue weighted by atomic mass is 10.0. The minimum absolute atomic E-state index is 0.219. The Balaban J connectivity index is 2.33. The highest BCUT2D eigenvalue weighted by Crippen LogP contribution is 2.19. The number of hydrogen-bond acceptors (Lipinski definition) is 3. The van der Waals surface area contributed by atoms with Gasteiger partial charge in [-0.3, -0.25) is 4.79 Å². The number of ether oxygens (including phenoxy) is 1. The highest BCUT2D eigenvalue weighted by molar-refractivity contribution is 5.69. The topological polar surface area (TPSA) is 52.3 Å². The summed E-state index contributed by atoms with van der Waals surface area (Å²) >= 11 is 0. The number of halogens is 2. The quantitative estimate of drug-likeness (QED) is 0.612. The Morgan fingerprint density at radius 1 is 1.32 bits per heavy atom. The first-order valence-electron chi connectivity index (χ1n) is 6.40. The molecule has 0 saturated heterocycles. The van der Waals surface area contributed by atoms with Crippen LogP contribution in [0.2, 0.25) is 0 Å². The summed E-state index contributed by atoms with van der Waals surface area (Å²) < 4.78 is 30.6. The molecule has 0 amide bonds. The SMILES string of the molecule is CCOC(=O)CCCCC(N)c1ccc(F)c(F)c1. The Morgan fingerprint density at radius 2 is 2.05 bits per heavy atom. The molecule has 0 radical (unpaired) electrons. The summed E-state index contributed by atoms with van der Waals surface area (Å²) in [5.41, 5.74) is 6.45. The van der Waals surface area contributed by atoms with Crippen LogP contribution in [0.1, 0.15) is 44.2 Å². The minimum atomic E-state index is -0.889. The number of carbonyl (C=O) groups excluding carboxylic acids is 1. The van der Waals surface area contributed by atoms with Crippen LogP contribution in [-0.2, 0) is 9.53 Å². The van der Waals surface area contributed by atoms with E-state index in [-0.39, 0.29) is 12.0 Å². The maximum atomic E-state index is 13.0. The standard InChI is InChI=1S/C14H19F2NO2/c1-2-19-14(18)6-4-3-5-13(17)10-7-8-11(15)12(16)9-10/h7-9,13H,2-6,17H2,1H3. The van der Waals surface area contributed by atoms with Crippen LogP contribution in [-0.4, -0.2) is 12.6 Å². The second-order valence-electron chi connectivity index (χ2n) is 4.33. The van der Waals surface area contributed by atoms with Crippen molar-refractivity contribution in [3.05, 3.63) is 35.4 Å². The monoisotopic (exact) mass is 271 g/mol. The molecule has 0 aliphatic carbocycles. The minimum Gasteiger partial charge on any atom is -0.466 e. The van der Waals surface area contributed by atoms with Gasteiger partial charge >= 0.3 is 5.97 Å². The molecule has 0 aliphatic rings. The van der Waals surface area contributed by atoms with E-state index >= 15 is 0 Å². The lowest BCUT2D eigenvalue weighted by molar-refractivity contribution is -0.143. The van der Waals surface area contributed by atoms with Crippen LogP contribution in [0.25, 0.3) is 0 Å². The van der Waals surface area contributed by atoms with E-state index in [2.05, 4.69) is 0 Å². The van der Waals surface area contributed by atoms with Gasteiger partial charge in [0, 0.05) is 12.5 Å². The molecule has 0 saturated carbocycles. The van der Waals surface area contributed by atoms with E-state index in [9.17, 15) is 13.6 Å². The Hall–Kier alpha value is -1.49. The Labute approximate surface area is 111 Å². The zero-order valence-corrected chi connectivity index (χ0v) is 11.0. The molecular weight excluding hydrogens is 252 g/mol. The number of carbonyl (C=O) groups is 1. The predicted molar refractivity (Wildman–Crippen MR) is 68.4 cm³/mol. The van der Waals surface area contributed by atoms with Crippen LogP contribution in [0, 0.1) is 11.6 Å². The molecule has 0 aliphatic heterocycles. The van der Waals surface area contributed by atoms with Gasteiger partial charge in [-0.1, -0.05) is 12.5 Å². The Kier molecular flexibility index (Phi) is 6.42. The lowest BCUT2D eigenvalue weighted by Crippen LogP contribution is -2.11. The molecule has 0 fully saturated rings. The highest BCUT2D eigenvalue weighted by atomic mass is 19.2. The van der Waals surface area contributed by atoms with Gasteiger partial charge < -0.3 is 10.5 Å². The third kappa shape index (κ3) is 5.34. The molecule has 0 bridgehead atoms. The van der Waals surface area contributed by atoms with Crippen LogP contribution in [0.15, 0.2) is 18.2 Å². The number of nitrogens with two attached hydrogens (primary N) is 1. The summed E-state index contributed by atoms with van der Waals surface area (Å²) in [7, 11) is 0. The van der Waals surface area contributed by atoms with Crippen molar-refractivity contribution in [2.45, 2.75) is 38.6 Å². The number of benzene rings is 1. The zero-order valence-electron chi connectivity index (χ0n) is 11.0. The van der Waals surface area contributed by atoms with E-state index in [0.717, 1.165) is 18.6 Å². The molecule has 0 heterocycles. The summed E-state index contributed by atoms with van der Waals surface area (Å²) in [5.74, 6) is -1.98. The van der Waals surface area contributed by atoms with Gasteiger partial charge in [-0.15, -0.1) is 0 Å². The molecule has 19 heavy (non-hydrogen) atoms.